The molecule has 4 aromatic rings. The van der Waals surface area contributed by atoms with Crippen LogP contribution in [0.25, 0.3) is 16.9 Å². The summed E-state index contributed by atoms with van der Waals surface area (Å²) in [7, 11) is 0. The van der Waals surface area contributed by atoms with E-state index in [1.807, 2.05) is 31.2 Å². The van der Waals surface area contributed by atoms with Crippen molar-refractivity contribution in [2.75, 3.05) is 5.32 Å². The van der Waals surface area contributed by atoms with Crippen LogP contribution in [0.2, 0.25) is 0 Å². The van der Waals surface area contributed by atoms with Crippen molar-refractivity contribution in [3.63, 3.8) is 0 Å². The van der Waals surface area contributed by atoms with E-state index >= 15 is 0 Å². The van der Waals surface area contributed by atoms with Gasteiger partial charge in [-0.15, -0.1) is 10.2 Å². The van der Waals surface area contributed by atoms with Crippen molar-refractivity contribution >= 4 is 17.1 Å². The highest BCUT2D eigenvalue weighted by Crippen LogP contribution is 2.49. The standard InChI is InChI=1S/C20H17F2N7O/c1-12-5-6-13(18-25-27-29(26-18)11-14-9-20(14,21)22)8-16(12)24-19(30)15-10-23-28-7-3-2-4-17(15)28/h2-8,10,14H,9,11H2,1H3,(H,24,30). The van der Waals surface area contributed by atoms with Gasteiger partial charge in [-0.1, -0.05) is 18.2 Å². The Kier molecular flexibility index (Phi) is 4.09. The number of rotatable bonds is 5. The first-order chi connectivity index (χ1) is 14.4. The van der Waals surface area contributed by atoms with Gasteiger partial charge in [0.2, 0.25) is 5.82 Å². The molecule has 1 aliphatic carbocycles. The summed E-state index contributed by atoms with van der Waals surface area (Å²) in [6, 6.07) is 10.9. The molecule has 3 aromatic heterocycles. The number of alkyl halides is 2. The van der Waals surface area contributed by atoms with Gasteiger partial charge in [0.05, 0.1) is 23.8 Å². The van der Waals surface area contributed by atoms with Gasteiger partial charge in [0.15, 0.2) is 0 Å². The van der Waals surface area contributed by atoms with Gasteiger partial charge >= 0.3 is 0 Å². The third kappa shape index (κ3) is 3.30. The van der Waals surface area contributed by atoms with Gasteiger partial charge in [-0.05, 0) is 35.9 Å². The van der Waals surface area contributed by atoms with Gasteiger partial charge in [0, 0.05) is 29.8 Å². The smallest absolute Gasteiger partial charge is 0.259 e. The van der Waals surface area contributed by atoms with Crippen molar-refractivity contribution in [2.24, 2.45) is 5.92 Å². The van der Waals surface area contributed by atoms with E-state index < -0.39 is 11.8 Å². The van der Waals surface area contributed by atoms with Crippen molar-refractivity contribution in [2.45, 2.75) is 25.8 Å². The minimum Gasteiger partial charge on any atom is -0.322 e. The van der Waals surface area contributed by atoms with Crippen LogP contribution in [0.1, 0.15) is 22.3 Å². The molecule has 30 heavy (non-hydrogen) atoms. The molecular weight excluding hydrogens is 392 g/mol. The van der Waals surface area contributed by atoms with Crippen LogP contribution < -0.4 is 5.32 Å². The van der Waals surface area contributed by atoms with Crippen LogP contribution >= 0.6 is 0 Å². The van der Waals surface area contributed by atoms with E-state index in [1.165, 1.54) is 11.0 Å². The van der Waals surface area contributed by atoms with Gasteiger partial charge in [-0.3, -0.25) is 4.79 Å². The molecule has 0 spiro atoms. The zero-order valence-electron chi connectivity index (χ0n) is 16.0. The molecule has 1 N–H and O–H groups in total. The van der Waals surface area contributed by atoms with E-state index in [0.29, 0.717) is 28.2 Å². The molecule has 10 heteroatoms. The fourth-order valence-electron chi connectivity index (χ4n) is 3.30. The highest BCUT2D eigenvalue weighted by Gasteiger charge is 2.57. The van der Waals surface area contributed by atoms with Crippen molar-refractivity contribution < 1.29 is 13.6 Å². The Labute approximate surface area is 169 Å². The molecule has 1 aliphatic rings. The first-order valence-corrected chi connectivity index (χ1v) is 9.41. The van der Waals surface area contributed by atoms with E-state index in [1.54, 1.807) is 22.8 Å². The number of hydrogen-bond acceptors (Lipinski definition) is 5. The predicted octanol–water partition coefficient (Wildman–Crippen LogP) is 3.20. The Bertz CT molecular complexity index is 1260. The number of nitrogens with zero attached hydrogens (tertiary/aromatic N) is 6. The Morgan fingerprint density at radius 1 is 1.30 bits per heavy atom. The molecule has 1 unspecified atom stereocenters. The Balaban J connectivity index is 1.37. The number of anilines is 1. The molecule has 0 bridgehead atoms. The Morgan fingerprint density at radius 3 is 2.93 bits per heavy atom. The van der Waals surface area contributed by atoms with Crippen molar-refractivity contribution in [3.8, 4) is 11.4 Å². The van der Waals surface area contributed by atoms with Crippen molar-refractivity contribution in [3.05, 3.63) is 59.9 Å². The maximum atomic E-state index is 13.1. The average Bonchev–Trinajstić information content (AvgIpc) is 3.11. The molecule has 1 atom stereocenters. The monoisotopic (exact) mass is 409 g/mol. The highest BCUT2D eigenvalue weighted by molar-refractivity contribution is 6.09. The van der Waals surface area contributed by atoms with E-state index in [9.17, 15) is 13.6 Å². The van der Waals surface area contributed by atoms with Crippen molar-refractivity contribution in [1.82, 2.24) is 29.8 Å². The molecule has 8 nitrogen and oxygen atoms in total. The number of pyridine rings is 1. The minimum absolute atomic E-state index is 0.0319. The topological polar surface area (TPSA) is 90.0 Å². The summed E-state index contributed by atoms with van der Waals surface area (Å²) in [4.78, 5) is 14.0. The molecule has 1 aromatic carbocycles. The lowest BCUT2D eigenvalue weighted by atomic mass is 10.1. The van der Waals surface area contributed by atoms with Gasteiger partial charge in [-0.25, -0.2) is 13.3 Å². The summed E-state index contributed by atoms with van der Waals surface area (Å²) < 4.78 is 27.8. The second-order valence-electron chi connectivity index (χ2n) is 7.40. The number of aromatic nitrogens is 6. The first-order valence-electron chi connectivity index (χ1n) is 9.41. The van der Waals surface area contributed by atoms with Crippen LogP contribution in [0, 0.1) is 12.8 Å². The SMILES string of the molecule is Cc1ccc(-c2nnn(CC3CC3(F)F)n2)cc1NC(=O)c1cnn2ccccc12. The van der Waals surface area contributed by atoms with Crippen LogP contribution in [-0.2, 0) is 6.54 Å². The molecule has 0 radical (unpaired) electrons. The maximum absolute atomic E-state index is 13.1. The molecule has 0 aliphatic heterocycles. The highest BCUT2D eigenvalue weighted by atomic mass is 19.3. The number of carbonyl (C=O) groups is 1. The van der Waals surface area contributed by atoms with Crippen LogP contribution in [0.3, 0.4) is 0 Å². The first kappa shape index (κ1) is 18.3. The number of hydrogen-bond donors (Lipinski definition) is 1. The van der Waals surface area contributed by atoms with Gasteiger partial charge in [0.25, 0.3) is 11.8 Å². The number of benzene rings is 1. The second-order valence-corrected chi connectivity index (χ2v) is 7.40. The van der Waals surface area contributed by atoms with Gasteiger partial charge < -0.3 is 5.32 Å². The third-order valence-electron chi connectivity index (χ3n) is 5.21. The van der Waals surface area contributed by atoms with E-state index in [4.69, 9.17) is 0 Å². The number of aryl methyl sites for hydroxylation is 1. The number of nitrogens with one attached hydrogen (secondary N) is 1. The minimum atomic E-state index is -2.63. The summed E-state index contributed by atoms with van der Waals surface area (Å²) in [5.41, 5.74) is 3.23. The van der Waals surface area contributed by atoms with Gasteiger partial charge in [0.1, 0.15) is 0 Å². The van der Waals surface area contributed by atoms with E-state index in [0.717, 1.165) is 5.56 Å². The Hall–Kier alpha value is -3.69. The quantitative estimate of drug-likeness (QED) is 0.547. The largest absolute Gasteiger partial charge is 0.322 e. The molecule has 0 saturated heterocycles. The molecular formula is C20H17F2N7O. The summed E-state index contributed by atoms with van der Waals surface area (Å²) >= 11 is 0. The number of tetrazole rings is 1. The normalized spacial score (nSPS) is 17.2. The lowest BCUT2D eigenvalue weighted by Crippen LogP contribution is -2.12. The molecule has 1 amide bonds. The summed E-state index contributed by atoms with van der Waals surface area (Å²) in [5.74, 6) is -3.35. The van der Waals surface area contributed by atoms with Crippen LogP contribution in [0.15, 0.2) is 48.8 Å². The van der Waals surface area contributed by atoms with Crippen LogP contribution in [0.5, 0.6) is 0 Å². The third-order valence-corrected chi connectivity index (χ3v) is 5.21. The fraction of sp³-hybridized carbons (Fsp3) is 0.250. The number of amides is 1. The number of carbonyl (C=O) groups excluding carboxylic acids is 1. The molecule has 152 valence electrons. The zero-order chi connectivity index (χ0) is 20.9. The summed E-state index contributed by atoms with van der Waals surface area (Å²) in [6.45, 7) is 1.90. The zero-order valence-corrected chi connectivity index (χ0v) is 16.0. The summed E-state index contributed by atoms with van der Waals surface area (Å²) in [5, 5.41) is 19.1. The average molecular weight is 409 g/mol. The van der Waals surface area contributed by atoms with E-state index in [-0.39, 0.29) is 18.9 Å². The summed E-state index contributed by atoms with van der Waals surface area (Å²) in [6.07, 6.45) is 3.14. The predicted molar refractivity (Wildman–Crippen MR) is 104 cm³/mol. The van der Waals surface area contributed by atoms with Crippen LogP contribution in [0.4, 0.5) is 14.5 Å². The molecule has 3 heterocycles. The maximum Gasteiger partial charge on any atom is 0.259 e. The van der Waals surface area contributed by atoms with Crippen LogP contribution in [-0.4, -0.2) is 41.7 Å². The molecule has 1 fully saturated rings. The van der Waals surface area contributed by atoms with Gasteiger partial charge in [-0.2, -0.15) is 9.90 Å². The second kappa shape index (κ2) is 6.68. The van der Waals surface area contributed by atoms with Crippen molar-refractivity contribution in [1.29, 1.82) is 0 Å². The number of fused-ring (bicyclic) bond motifs is 1. The lowest BCUT2D eigenvalue weighted by Gasteiger charge is -2.09. The Morgan fingerprint density at radius 2 is 2.13 bits per heavy atom. The lowest BCUT2D eigenvalue weighted by molar-refractivity contribution is 0.0929. The molecule has 1 saturated carbocycles. The molecule has 5 rings (SSSR count). The fourth-order valence-corrected chi connectivity index (χ4v) is 3.30. The number of halogens is 2. The van der Waals surface area contributed by atoms with E-state index in [2.05, 4.69) is 25.8 Å².